The van der Waals surface area contributed by atoms with Gasteiger partial charge in [0.15, 0.2) is 0 Å². The quantitative estimate of drug-likeness (QED) is 0.815. The largest absolute Gasteiger partial charge is 0.494 e. The molecule has 1 aromatic rings. The summed E-state index contributed by atoms with van der Waals surface area (Å²) in [5, 5.41) is 1.75. The van der Waals surface area contributed by atoms with Crippen molar-refractivity contribution in [1.82, 2.24) is 0 Å². The summed E-state index contributed by atoms with van der Waals surface area (Å²) >= 11 is 1.76. The highest BCUT2D eigenvalue weighted by molar-refractivity contribution is 8.00. The maximum atomic E-state index is 6.01. The summed E-state index contributed by atoms with van der Waals surface area (Å²) in [5.74, 6) is 7.62. The molecule has 0 aromatic heterocycles. The maximum Gasteiger partial charge on any atom is 0.144 e. The fourth-order valence-corrected chi connectivity index (χ4v) is 3.47. The van der Waals surface area contributed by atoms with Gasteiger partial charge in [-0.05, 0) is 12.1 Å². The van der Waals surface area contributed by atoms with Gasteiger partial charge in [0, 0.05) is 13.1 Å². The van der Waals surface area contributed by atoms with E-state index in [1.807, 2.05) is 6.07 Å². The summed E-state index contributed by atoms with van der Waals surface area (Å²) in [6.45, 7) is 3.45. The molecule has 0 spiro atoms. The smallest absolute Gasteiger partial charge is 0.144 e. The standard InChI is InChI=1S/C12H17N3O2S/c1-16-10-3-2-9(14-4-6-17-7-5-14)12-11(10)15(13)8-18-12/h2-3H,4-8,13H2,1H3. The first-order valence-electron chi connectivity index (χ1n) is 6.00. The van der Waals surface area contributed by atoms with E-state index >= 15 is 0 Å². The van der Waals surface area contributed by atoms with Crippen molar-refractivity contribution in [1.29, 1.82) is 0 Å². The van der Waals surface area contributed by atoms with Gasteiger partial charge in [0.2, 0.25) is 0 Å². The number of hydrogen-bond donors (Lipinski definition) is 1. The normalized spacial score (nSPS) is 19.0. The molecule has 1 fully saturated rings. The lowest BCUT2D eigenvalue weighted by molar-refractivity contribution is 0.122. The number of nitrogens with two attached hydrogens (primary N) is 1. The molecule has 0 atom stereocenters. The molecule has 2 aliphatic heterocycles. The van der Waals surface area contributed by atoms with Crippen LogP contribution in [0.3, 0.4) is 0 Å². The molecular formula is C12H17N3O2S. The number of morpholine rings is 1. The van der Waals surface area contributed by atoms with Crippen molar-refractivity contribution in [2.24, 2.45) is 5.84 Å². The van der Waals surface area contributed by atoms with Gasteiger partial charge in [-0.2, -0.15) is 0 Å². The van der Waals surface area contributed by atoms with Crippen LogP contribution in [-0.4, -0.2) is 39.3 Å². The van der Waals surface area contributed by atoms with Crippen LogP contribution in [0, 0.1) is 0 Å². The van der Waals surface area contributed by atoms with Crippen molar-refractivity contribution in [3.63, 3.8) is 0 Å². The van der Waals surface area contributed by atoms with Gasteiger partial charge in [-0.3, -0.25) is 5.01 Å². The first-order chi connectivity index (χ1) is 8.81. The number of fused-ring (bicyclic) bond motifs is 1. The number of anilines is 2. The van der Waals surface area contributed by atoms with Crippen molar-refractivity contribution in [2.45, 2.75) is 4.90 Å². The van der Waals surface area contributed by atoms with Crippen LogP contribution >= 0.6 is 11.8 Å². The summed E-state index contributed by atoms with van der Waals surface area (Å²) < 4.78 is 10.8. The third-order valence-electron chi connectivity index (χ3n) is 3.28. The lowest BCUT2D eigenvalue weighted by Crippen LogP contribution is -2.36. The second-order valence-corrected chi connectivity index (χ2v) is 5.26. The van der Waals surface area contributed by atoms with Crippen molar-refractivity contribution >= 4 is 23.1 Å². The number of thioether (sulfide) groups is 1. The number of rotatable bonds is 2. The first kappa shape index (κ1) is 12.0. The minimum Gasteiger partial charge on any atom is -0.494 e. The zero-order valence-electron chi connectivity index (χ0n) is 10.4. The van der Waals surface area contributed by atoms with E-state index in [0.29, 0.717) is 0 Å². The van der Waals surface area contributed by atoms with Gasteiger partial charge in [-0.15, -0.1) is 0 Å². The SMILES string of the molecule is COc1ccc(N2CCOCC2)c2c1N(N)CS2. The minimum absolute atomic E-state index is 0.771. The van der Waals surface area contributed by atoms with Crippen LogP contribution in [0.15, 0.2) is 17.0 Å². The van der Waals surface area contributed by atoms with E-state index in [-0.39, 0.29) is 0 Å². The van der Waals surface area contributed by atoms with E-state index in [1.54, 1.807) is 23.9 Å². The van der Waals surface area contributed by atoms with Crippen LogP contribution in [0.4, 0.5) is 11.4 Å². The number of benzene rings is 1. The zero-order chi connectivity index (χ0) is 12.5. The Morgan fingerprint density at radius 3 is 2.83 bits per heavy atom. The fourth-order valence-electron chi connectivity index (χ4n) is 2.37. The van der Waals surface area contributed by atoms with Crippen LogP contribution in [0.25, 0.3) is 0 Å². The molecule has 3 rings (SSSR count). The highest BCUT2D eigenvalue weighted by Gasteiger charge is 2.27. The molecule has 0 saturated carbocycles. The Kier molecular flexibility index (Phi) is 3.23. The van der Waals surface area contributed by atoms with Gasteiger partial charge in [-0.1, -0.05) is 11.8 Å². The van der Waals surface area contributed by atoms with Gasteiger partial charge in [0.25, 0.3) is 0 Å². The summed E-state index contributed by atoms with van der Waals surface area (Å²) in [6.07, 6.45) is 0. The molecule has 2 N–H and O–H groups in total. The number of ether oxygens (including phenoxy) is 2. The monoisotopic (exact) mass is 267 g/mol. The average Bonchev–Trinajstić information content (AvgIpc) is 2.81. The fraction of sp³-hybridized carbons (Fsp3) is 0.500. The molecule has 0 radical (unpaired) electrons. The second-order valence-electron chi connectivity index (χ2n) is 4.31. The van der Waals surface area contributed by atoms with Gasteiger partial charge in [0.1, 0.15) is 11.4 Å². The molecule has 2 aliphatic rings. The summed E-state index contributed by atoms with van der Waals surface area (Å²) in [4.78, 5) is 3.58. The van der Waals surface area contributed by atoms with Crippen molar-refractivity contribution in [3.8, 4) is 5.75 Å². The lowest BCUT2D eigenvalue weighted by Gasteiger charge is -2.30. The number of hydrogen-bond acceptors (Lipinski definition) is 6. The molecule has 5 nitrogen and oxygen atoms in total. The van der Waals surface area contributed by atoms with E-state index < -0.39 is 0 Å². The summed E-state index contributed by atoms with van der Waals surface area (Å²) in [5.41, 5.74) is 2.25. The van der Waals surface area contributed by atoms with Crippen LogP contribution < -0.4 is 20.5 Å². The molecule has 1 aromatic carbocycles. The van der Waals surface area contributed by atoms with Gasteiger partial charge in [0.05, 0.1) is 36.8 Å². The minimum atomic E-state index is 0.771. The first-order valence-corrected chi connectivity index (χ1v) is 6.98. The van der Waals surface area contributed by atoms with E-state index in [2.05, 4.69) is 11.0 Å². The maximum absolute atomic E-state index is 6.01. The molecule has 98 valence electrons. The molecule has 0 unspecified atom stereocenters. The third kappa shape index (κ3) is 1.90. The number of hydrazine groups is 1. The number of methoxy groups -OCH3 is 1. The van der Waals surface area contributed by atoms with E-state index in [1.165, 1.54) is 10.6 Å². The van der Waals surface area contributed by atoms with Crippen molar-refractivity contribution < 1.29 is 9.47 Å². The Bertz CT molecular complexity index is 449. The third-order valence-corrected chi connectivity index (χ3v) is 4.38. The van der Waals surface area contributed by atoms with Crippen LogP contribution in [0.2, 0.25) is 0 Å². The molecule has 0 amide bonds. The molecule has 0 bridgehead atoms. The summed E-state index contributed by atoms with van der Waals surface area (Å²) in [6, 6.07) is 4.12. The van der Waals surface area contributed by atoms with Crippen molar-refractivity contribution in [2.75, 3.05) is 49.2 Å². The van der Waals surface area contributed by atoms with Crippen LogP contribution in [-0.2, 0) is 4.74 Å². The highest BCUT2D eigenvalue weighted by Crippen LogP contribution is 2.48. The Labute approximate surface area is 111 Å². The molecule has 18 heavy (non-hydrogen) atoms. The number of nitrogens with zero attached hydrogens (tertiary/aromatic N) is 2. The molecule has 0 aliphatic carbocycles. The van der Waals surface area contributed by atoms with Crippen LogP contribution in [0.5, 0.6) is 5.75 Å². The van der Waals surface area contributed by atoms with Gasteiger partial charge >= 0.3 is 0 Å². The zero-order valence-corrected chi connectivity index (χ0v) is 11.2. The Morgan fingerprint density at radius 1 is 1.33 bits per heavy atom. The second kappa shape index (κ2) is 4.87. The average molecular weight is 267 g/mol. The molecule has 1 saturated heterocycles. The van der Waals surface area contributed by atoms with E-state index in [4.69, 9.17) is 15.3 Å². The predicted molar refractivity (Wildman–Crippen MR) is 73.4 cm³/mol. The Hall–Kier alpha value is -1.11. The van der Waals surface area contributed by atoms with Gasteiger partial charge in [-0.25, -0.2) is 5.84 Å². The lowest BCUT2D eigenvalue weighted by atomic mass is 10.2. The highest BCUT2D eigenvalue weighted by atomic mass is 32.2. The van der Waals surface area contributed by atoms with E-state index in [0.717, 1.165) is 43.6 Å². The van der Waals surface area contributed by atoms with Crippen molar-refractivity contribution in [3.05, 3.63) is 12.1 Å². The molecule has 2 heterocycles. The molecule has 6 heteroatoms. The predicted octanol–water partition coefficient (Wildman–Crippen LogP) is 1.28. The van der Waals surface area contributed by atoms with Gasteiger partial charge < -0.3 is 14.4 Å². The topological polar surface area (TPSA) is 51.0 Å². The Balaban J connectivity index is 2.01. The molecular weight excluding hydrogens is 250 g/mol. The summed E-state index contributed by atoms with van der Waals surface area (Å²) in [7, 11) is 1.68. The Morgan fingerprint density at radius 2 is 2.11 bits per heavy atom. The van der Waals surface area contributed by atoms with Crippen LogP contribution in [0.1, 0.15) is 0 Å². The van der Waals surface area contributed by atoms with E-state index in [9.17, 15) is 0 Å².